The van der Waals surface area contributed by atoms with Crippen LogP contribution in [0.4, 0.5) is 5.95 Å². The molecule has 0 aliphatic heterocycles. The Balaban J connectivity index is 1.97. The number of nitrogens with two attached hydrogens (primary N) is 1. The summed E-state index contributed by atoms with van der Waals surface area (Å²) in [4.78, 5) is 11.2. The Morgan fingerprint density at radius 3 is 2.53 bits per heavy atom. The zero-order valence-corrected chi connectivity index (χ0v) is 10.6. The van der Waals surface area contributed by atoms with Gasteiger partial charge in [0.05, 0.1) is 0 Å². The Morgan fingerprint density at radius 2 is 2.06 bits per heavy atom. The van der Waals surface area contributed by atoms with E-state index in [4.69, 9.17) is 5.73 Å². The van der Waals surface area contributed by atoms with Crippen molar-refractivity contribution in [3.63, 3.8) is 0 Å². The molecule has 0 spiro atoms. The van der Waals surface area contributed by atoms with Gasteiger partial charge in [-0.1, -0.05) is 6.42 Å². The summed E-state index contributed by atoms with van der Waals surface area (Å²) in [5.41, 5.74) is 6.63. The first kappa shape index (κ1) is 12.3. The van der Waals surface area contributed by atoms with Crippen molar-refractivity contribution in [3.8, 4) is 0 Å². The molecular weight excluding hydrogens is 212 g/mol. The molecule has 1 aromatic heterocycles. The van der Waals surface area contributed by atoms with Gasteiger partial charge in [-0.2, -0.15) is 0 Å². The molecular formula is C13H22N4. The third kappa shape index (κ3) is 3.16. The molecule has 1 heterocycles. The Bertz CT molecular complexity index is 332. The van der Waals surface area contributed by atoms with E-state index in [1.54, 1.807) is 0 Å². The summed E-state index contributed by atoms with van der Waals surface area (Å²) in [5.74, 6) is 1.71. The van der Waals surface area contributed by atoms with Crippen LogP contribution in [0.15, 0.2) is 12.4 Å². The monoisotopic (exact) mass is 234 g/mol. The van der Waals surface area contributed by atoms with E-state index in [9.17, 15) is 0 Å². The van der Waals surface area contributed by atoms with Crippen molar-refractivity contribution in [1.82, 2.24) is 9.97 Å². The number of hydrogen-bond donors (Lipinski definition) is 1. The lowest BCUT2D eigenvalue weighted by atomic mass is 9.85. The molecule has 4 heteroatoms. The summed E-state index contributed by atoms with van der Waals surface area (Å²) >= 11 is 0. The lowest BCUT2D eigenvalue weighted by Gasteiger charge is -2.31. The molecule has 4 nitrogen and oxygen atoms in total. The first-order chi connectivity index (χ1) is 8.33. The number of aromatic nitrogens is 2. The van der Waals surface area contributed by atoms with Crippen molar-refractivity contribution in [3.05, 3.63) is 18.0 Å². The SMILES string of the molecule is CCN(CC1CCC1)c1ncc(CCN)cn1. The highest BCUT2D eigenvalue weighted by Gasteiger charge is 2.21. The molecule has 1 aliphatic rings. The van der Waals surface area contributed by atoms with E-state index < -0.39 is 0 Å². The predicted molar refractivity (Wildman–Crippen MR) is 70.0 cm³/mol. The second-order valence-electron chi connectivity index (χ2n) is 4.77. The summed E-state index contributed by atoms with van der Waals surface area (Å²) in [6.45, 7) is 4.90. The number of nitrogens with zero attached hydrogens (tertiary/aromatic N) is 3. The van der Waals surface area contributed by atoms with Gasteiger partial charge in [0.1, 0.15) is 0 Å². The first-order valence-corrected chi connectivity index (χ1v) is 6.59. The van der Waals surface area contributed by atoms with Crippen molar-refractivity contribution in [2.24, 2.45) is 11.7 Å². The standard InChI is InChI=1S/C13H22N4/c1-2-17(10-11-4-3-5-11)13-15-8-12(6-7-14)9-16-13/h8-9,11H,2-7,10,14H2,1H3. The maximum Gasteiger partial charge on any atom is 0.225 e. The van der Waals surface area contributed by atoms with Gasteiger partial charge in [0.15, 0.2) is 0 Å². The molecule has 1 fully saturated rings. The van der Waals surface area contributed by atoms with Crippen molar-refractivity contribution in [2.75, 3.05) is 24.5 Å². The van der Waals surface area contributed by atoms with E-state index in [0.717, 1.165) is 36.9 Å². The average Bonchev–Trinajstić information content (AvgIpc) is 2.30. The highest BCUT2D eigenvalue weighted by atomic mass is 15.2. The molecule has 0 atom stereocenters. The van der Waals surface area contributed by atoms with E-state index in [-0.39, 0.29) is 0 Å². The number of rotatable bonds is 6. The summed E-state index contributed by atoms with van der Waals surface area (Å²) in [7, 11) is 0. The van der Waals surface area contributed by atoms with Gasteiger partial charge in [0, 0.05) is 25.5 Å². The fourth-order valence-electron chi connectivity index (χ4n) is 2.15. The molecule has 2 N–H and O–H groups in total. The molecule has 17 heavy (non-hydrogen) atoms. The van der Waals surface area contributed by atoms with Crippen LogP contribution in [0.5, 0.6) is 0 Å². The molecule has 1 saturated carbocycles. The van der Waals surface area contributed by atoms with Gasteiger partial charge in [-0.05, 0) is 44.2 Å². The summed E-state index contributed by atoms with van der Waals surface area (Å²) in [6.07, 6.45) is 8.77. The quantitative estimate of drug-likeness (QED) is 0.812. The third-order valence-corrected chi connectivity index (χ3v) is 3.49. The lowest BCUT2D eigenvalue weighted by molar-refractivity contribution is 0.317. The molecule has 1 aromatic rings. The van der Waals surface area contributed by atoms with Gasteiger partial charge < -0.3 is 10.6 Å². The molecule has 94 valence electrons. The molecule has 0 radical (unpaired) electrons. The molecule has 0 unspecified atom stereocenters. The van der Waals surface area contributed by atoms with E-state index in [0.29, 0.717) is 6.54 Å². The summed E-state index contributed by atoms with van der Waals surface area (Å²) < 4.78 is 0. The second kappa shape index (κ2) is 5.96. The highest BCUT2D eigenvalue weighted by molar-refractivity contribution is 5.29. The van der Waals surface area contributed by atoms with Crippen LogP contribution in [0, 0.1) is 5.92 Å². The van der Waals surface area contributed by atoms with Gasteiger partial charge in [-0.3, -0.25) is 0 Å². The van der Waals surface area contributed by atoms with E-state index in [1.807, 2.05) is 12.4 Å². The Morgan fingerprint density at radius 1 is 1.35 bits per heavy atom. The number of anilines is 1. The van der Waals surface area contributed by atoms with E-state index in [2.05, 4.69) is 21.8 Å². The van der Waals surface area contributed by atoms with Crippen LogP contribution in [0.2, 0.25) is 0 Å². The largest absolute Gasteiger partial charge is 0.341 e. The normalized spacial score (nSPS) is 15.6. The molecule has 0 aromatic carbocycles. The van der Waals surface area contributed by atoms with Crippen LogP contribution >= 0.6 is 0 Å². The second-order valence-corrected chi connectivity index (χ2v) is 4.77. The Hall–Kier alpha value is -1.16. The molecule has 2 rings (SSSR count). The maximum absolute atomic E-state index is 5.51. The van der Waals surface area contributed by atoms with Gasteiger partial charge in [-0.15, -0.1) is 0 Å². The topological polar surface area (TPSA) is 55.0 Å². The van der Waals surface area contributed by atoms with Crippen molar-refractivity contribution < 1.29 is 0 Å². The van der Waals surface area contributed by atoms with Crippen LogP contribution in [0.1, 0.15) is 31.7 Å². The number of hydrogen-bond acceptors (Lipinski definition) is 4. The van der Waals surface area contributed by atoms with E-state index >= 15 is 0 Å². The van der Waals surface area contributed by atoms with Crippen molar-refractivity contribution >= 4 is 5.95 Å². The first-order valence-electron chi connectivity index (χ1n) is 6.59. The molecule has 1 aliphatic carbocycles. The fraction of sp³-hybridized carbons (Fsp3) is 0.692. The average molecular weight is 234 g/mol. The third-order valence-electron chi connectivity index (χ3n) is 3.49. The van der Waals surface area contributed by atoms with Crippen molar-refractivity contribution in [1.29, 1.82) is 0 Å². The van der Waals surface area contributed by atoms with Crippen LogP contribution in [0.3, 0.4) is 0 Å². The van der Waals surface area contributed by atoms with Gasteiger partial charge in [0.2, 0.25) is 5.95 Å². The van der Waals surface area contributed by atoms with Crippen molar-refractivity contribution in [2.45, 2.75) is 32.6 Å². The lowest BCUT2D eigenvalue weighted by Crippen LogP contribution is -2.33. The minimum atomic E-state index is 0.655. The minimum Gasteiger partial charge on any atom is -0.341 e. The fourth-order valence-corrected chi connectivity index (χ4v) is 2.15. The highest BCUT2D eigenvalue weighted by Crippen LogP contribution is 2.27. The van der Waals surface area contributed by atoms with Crippen LogP contribution < -0.4 is 10.6 Å². The van der Waals surface area contributed by atoms with Gasteiger partial charge in [0.25, 0.3) is 0 Å². The maximum atomic E-state index is 5.51. The Labute approximate surface area is 103 Å². The minimum absolute atomic E-state index is 0.655. The van der Waals surface area contributed by atoms with Gasteiger partial charge in [-0.25, -0.2) is 9.97 Å². The van der Waals surface area contributed by atoms with Gasteiger partial charge >= 0.3 is 0 Å². The molecule has 0 bridgehead atoms. The predicted octanol–water partition coefficient (Wildman–Crippen LogP) is 1.60. The molecule has 0 saturated heterocycles. The summed E-state index contributed by atoms with van der Waals surface area (Å²) in [6, 6.07) is 0. The summed E-state index contributed by atoms with van der Waals surface area (Å²) in [5, 5.41) is 0. The Kier molecular flexibility index (Phi) is 4.31. The van der Waals surface area contributed by atoms with Crippen LogP contribution in [0.25, 0.3) is 0 Å². The van der Waals surface area contributed by atoms with Crippen LogP contribution in [-0.4, -0.2) is 29.6 Å². The van der Waals surface area contributed by atoms with E-state index in [1.165, 1.54) is 19.3 Å². The molecule has 0 amide bonds. The van der Waals surface area contributed by atoms with Crippen LogP contribution in [-0.2, 0) is 6.42 Å². The zero-order valence-electron chi connectivity index (χ0n) is 10.6. The smallest absolute Gasteiger partial charge is 0.225 e. The zero-order chi connectivity index (χ0) is 12.1.